The zero-order valence-corrected chi connectivity index (χ0v) is 6.85. The molecule has 0 aliphatic heterocycles. The Balaban J connectivity index is 2.40. The smallest absolute Gasteiger partial charge is 0.0861 e. The van der Waals surface area contributed by atoms with Gasteiger partial charge in [-0.15, -0.1) is 0 Å². The third kappa shape index (κ3) is 1.50. The summed E-state index contributed by atoms with van der Waals surface area (Å²) in [6.45, 7) is 8.03. The second-order valence-electron chi connectivity index (χ2n) is 3.82. The van der Waals surface area contributed by atoms with Gasteiger partial charge in [0.1, 0.15) is 6.71 Å². The summed E-state index contributed by atoms with van der Waals surface area (Å²) < 4.78 is 0. The number of rotatable bonds is 1. The second-order valence-corrected chi connectivity index (χ2v) is 3.82. The molecule has 0 aromatic rings. The first kappa shape index (κ1) is 7.18. The molecule has 2 unspecified atom stereocenters. The van der Waals surface area contributed by atoms with Crippen molar-refractivity contribution in [1.29, 1.82) is 0 Å². The van der Waals surface area contributed by atoms with E-state index in [0.717, 1.165) is 18.4 Å². The quantitative estimate of drug-likeness (QED) is 0.471. The summed E-state index contributed by atoms with van der Waals surface area (Å²) in [5.74, 6) is 2.04. The van der Waals surface area contributed by atoms with Gasteiger partial charge < -0.3 is 0 Å². The van der Waals surface area contributed by atoms with E-state index in [2.05, 4.69) is 20.6 Å². The van der Waals surface area contributed by atoms with Crippen molar-refractivity contribution in [2.75, 3.05) is 0 Å². The van der Waals surface area contributed by atoms with Crippen LogP contribution in [0, 0.1) is 5.92 Å². The van der Waals surface area contributed by atoms with Gasteiger partial charge in [0.2, 0.25) is 0 Å². The lowest BCUT2D eigenvalue weighted by molar-refractivity contribution is 0.603. The molecule has 0 N–H and O–H groups in total. The predicted octanol–water partition coefficient (Wildman–Crippen LogP) is 2.93. The fraction of sp³-hybridized carbons (Fsp3) is 1.00. The van der Waals surface area contributed by atoms with Crippen LogP contribution in [0.15, 0.2) is 0 Å². The maximum atomic E-state index is 2.40. The van der Waals surface area contributed by atoms with Crippen LogP contribution < -0.4 is 0 Å². The summed E-state index contributed by atoms with van der Waals surface area (Å²) in [7, 11) is 0. The van der Waals surface area contributed by atoms with Gasteiger partial charge in [-0.1, -0.05) is 45.6 Å². The zero-order chi connectivity index (χ0) is 6.85. The fourth-order valence-corrected chi connectivity index (χ4v) is 2.16. The average molecular weight is 124 g/mol. The van der Waals surface area contributed by atoms with E-state index < -0.39 is 0 Å². The Hall–Kier alpha value is 0.0649. The molecule has 1 rings (SSSR count). The van der Waals surface area contributed by atoms with E-state index in [9.17, 15) is 0 Å². The van der Waals surface area contributed by atoms with Crippen LogP contribution in [0.5, 0.6) is 0 Å². The maximum absolute atomic E-state index is 2.40. The van der Waals surface area contributed by atoms with Crippen molar-refractivity contribution in [1.82, 2.24) is 0 Å². The van der Waals surface area contributed by atoms with Gasteiger partial charge in [-0.05, 0) is 5.92 Å². The molecular weight excluding hydrogens is 107 g/mol. The lowest BCUT2D eigenvalue weighted by Crippen LogP contribution is -2.13. The molecule has 1 saturated carbocycles. The molecule has 1 fully saturated rings. The molecule has 0 amide bonds. The predicted molar refractivity (Wildman–Crippen MR) is 44.2 cm³/mol. The van der Waals surface area contributed by atoms with Gasteiger partial charge in [0.15, 0.2) is 0 Å². The van der Waals surface area contributed by atoms with E-state index in [4.69, 9.17) is 0 Å². The van der Waals surface area contributed by atoms with Gasteiger partial charge in [-0.25, -0.2) is 0 Å². The Morgan fingerprint density at radius 3 is 2.11 bits per heavy atom. The van der Waals surface area contributed by atoms with Gasteiger partial charge in [-0.3, -0.25) is 0 Å². The summed E-state index contributed by atoms with van der Waals surface area (Å²) in [6, 6.07) is 0. The Bertz CT molecular complexity index is 88.6. The van der Waals surface area contributed by atoms with Crippen LogP contribution in [0.4, 0.5) is 0 Å². The summed E-state index contributed by atoms with van der Waals surface area (Å²) in [5.41, 5.74) is 0. The van der Waals surface area contributed by atoms with Gasteiger partial charge in [0.05, 0.1) is 0 Å². The molecule has 0 bridgehead atoms. The van der Waals surface area contributed by atoms with Crippen LogP contribution >= 0.6 is 0 Å². The molecule has 9 heavy (non-hydrogen) atoms. The lowest BCUT2D eigenvalue weighted by atomic mass is 9.43. The summed E-state index contributed by atoms with van der Waals surface area (Å²) in [4.78, 5) is 0. The average Bonchev–Trinajstić information content (AvgIpc) is 2.13. The molecule has 2 atom stereocenters. The topological polar surface area (TPSA) is 0 Å². The van der Waals surface area contributed by atoms with Crippen LogP contribution in [0.3, 0.4) is 0 Å². The van der Waals surface area contributed by atoms with Crippen molar-refractivity contribution in [3.63, 3.8) is 0 Å². The highest BCUT2D eigenvalue weighted by molar-refractivity contribution is 6.57. The van der Waals surface area contributed by atoms with Crippen LogP contribution in [0.2, 0.25) is 19.5 Å². The van der Waals surface area contributed by atoms with Gasteiger partial charge in [-0.2, -0.15) is 0 Å². The first-order valence-electron chi connectivity index (χ1n) is 4.22. The molecule has 0 saturated heterocycles. The standard InChI is InChI=1S/C8H17B/c1-7-5-4-6-8(7)9(2)3/h7-8H,4-6H2,1-3H3. The lowest BCUT2D eigenvalue weighted by Gasteiger charge is -2.16. The Kier molecular flexibility index (Phi) is 2.20. The van der Waals surface area contributed by atoms with Crippen molar-refractivity contribution in [3.05, 3.63) is 0 Å². The Morgan fingerprint density at radius 2 is 1.89 bits per heavy atom. The van der Waals surface area contributed by atoms with Crippen LogP contribution in [-0.4, -0.2) is 6.71 Å². The van der Waals surface area contributed by atoms with E-state index in [1.54, 1.807) is 0 Å². The molecule has 0 aromatic heterocycles. The van der Waals surface area contributed by atoms with E-state index in [1.165, 1.54) is 19.3 Å². The molecule has 0 spiro atoms. The van der Waals surface area contributed by atoms with E-state index >= 15 is 0 Å². The largest absolute Gasteiger partial charge is 0.137 e. The number of hydrogen-bond donors (Lipinski definition) is 0. The van der Waals surface area contributed by atoms with Crippen LogP contribution in [0.25, 0.3) is 0 Å². The minimum Gasteiger partial charge on any atom is -0.0861 e. The second kappa shape index (κ2) is 2.77. The maximum Gasteiger partial charge on any atom is 0.137 e. The van der Waals surface area contributed by atoms with Gasteiger partial charge >= 0.3 is 0 Å². The molecule has 0 aromatic carbocycles. The van der Waals surface area contributed by atoms with Crippen molar-refractivity contribution >= 4 is 6.71 Å². The molecule has 1 aliphatic rings. The van der Waals surface area contributed by atoms with Crippen molar-refractivity contribution in [2.45, 2.75) is 45.6 Å². The highest BCUT2D eigenvalue weighted by atomic mass is 14.2. The highest BCUT2D eigenvalue weighted by Gasteiger charge is 2.26. The van der Waals surface area contributed by atoms with E-state index in [1.807, 2.05) is 0 Å². The van der Waals surface area contributed by atoms with Crippen LogP contribution in [0.1, 0.15) is 26.2 Å². The highest BCUT2D eigenvalue weighted by Crippen LogP contribution is 2.37. The SMILES string of the molecule is CB(C)C1CCCC1C. The molecule has 0 heterocycles. The third-order valence-electron chi connectivity index (χ3n) is 2.78. The minimum atomic E-state index is 0.919. The molecular formula is C8H17B. The Labute approximate surface area is 59.1 Å². The zero-order valence-electron chi connectivity index (χ0n) is 6.85. The van der Waals surface area contributed by atoms with Gasteiger partial charge in [0, 0.05) is 0 Å². The van der Waals surface area contributed by atoms with Gasteiger partial charge in [0.25, 0.3) is 0 Å². The monoisotopic (exact) mass is 124 g/mol. The molecule has 0 nitrogen and oxygen atoms in total. The first-order chi connectivity index (χ1) is 4.22. The summed E-state index contributed by atoms with van der Waals surface area (Å²) in [6.07, 6.45) is 4.44. The Morgan fingerprint density at radius 1 is 1.22 bits per heavy atom. The van der Waals surface area contributed by atoms with Crippen LogP contribution in [-0.2, 0) is 0 Å². The van der Waals surface area contributed by atoms with Crippen molar-refractivity contribution in [2.24, 2.45) is 5.92 Å². The molecule has 0 radical (unpaired) electrons. The van der Waals surface area contributed by atoms with E-state index in [-0.39, 0.29) is 0 Å². The van der Waals surface area contributed by atoms with E-state index in [0.29, 0.717) is 0 Å². The number of hydrogen-bond acceptors (Lipinski definition) is 0. The minimum absolute atomic E-state index is 0.919. The third-order valence-corrected chi connectivity index (χ3v) is 2.78. The summed E-state index contributed by atoms with van der Waals surface area (Å²) >= 11 is 0. The molecule has 52 valence electrons. The normalized spacial score (nSPS) is 35.0. The first-order valence-corrected chi connectivity index (χ1v) is 4.22. The molecule has 1 heteroatoms. The fourth-order valence-electron chi connectivity index (χ4n) is 2.16. The summed E-state index contributed by atoms with van der Waals surface area (Å²) in [5, 5.41) is 0. The van der Waals surface area contributed by atoms with Crippen molar-refractivity contribution in [3.8, 4) is 0 Å². The van der Waals surface area contributed by atoms with Crippen molar-refractivity contribution < 1.29 is 0 Å². The molecule has 1 aliphatic carbocycles.